The van der Waals surface area contributed by atoms with E-state index in [4.69, 9.17) is 0 Å². The lowest BCUT2D eigenvalue weighted by atomic mass is 10.2. The molecule has 8 nitrogen and oxygen atoms in total. The summed E-state index contributed by atoms with van der Waals surface area (Å²) in [5.74, 6) is -1.49. The number of urea groups is 1. The van der Waals surface area contributed by atoms with Crippen LogP contribution < -0.4 is 4.72 Å². The Morgan fingerprint density at radius 1 is 1.19 bits per heavy atom. The summed E-state index contributed by atoms with van der Waals surface area (Å²) in [6, 6.07) is 0.474. The molecule has 0 bridgehead atoms. The van der Waals surface area contributed by atoms with E-state index in [2.05, 4.69) is 12.8 Å². The van der Waals surface area contributed by atoms with Crippen LogP contribution in [0.3, 0.4) is 0 Å². The fourth-order valence-electron chi connectivity index (χ4n) is 2.46. The van der Waals surface area contributed by atoms with E-state index in [1.165, 1.54) is 0 Å². The van der Waals surface area contributed by atoms with Gasteiger partial charge in [-0.25, -0.2) is 13.2 Å². The van der Waals surface area contributed by atoms with Crippen molar-refractivity contribution in [1.29, 1.82) is 0 Å². The third-order valence-corrected chi connectivity index (χ3v) is 5.90. The molecule has 2 amide bonds. The topological polar surface area (TPSA) is 107 Å². The first-order valence-electron chi connectivity index (χ1n) is 7.09. The number of hydrogen-bond donors (Lipinski definition) is 3. The minimum Gasteiger partial charge on any atom is -0.480 e. The van der Waals surface area contributed by atoms with Crippen LogP contribution in [0, 0.1) is 0 Å². The zero-order chi connectivity index (χ0) is 19.7. The van der Waals surface area contributed by atoms with Crippen LogP contribution in [0.2, 0.25) is 0 Å². The van der Waals surface area contributed by atoms with Gasteiger partial charge in [0.1, 0.15) is 6.04 Å². The van der Waals surface area contributed by atoms with Gasteiger partial charge < -0.3 is 10.0 Å². The third kappa shape index (κ3) is 4.04. The van der Waals surface area contributed by atoms with Crippen molar-refractivity contribution in [2.45, 2.75) is 17.1 Å². The number of amides is 2. The molecule has 1 fully saturated rings. The molecule has 1 aliphatic rings. The number of piperazine rings is 1. The number of hydrogen-bond acceptors (Lipinski definition) is 5. The first-order valence-corrected chi connectivity index (χ1v) is 8.98. The average molecular weight is 413 g/mol. The number of sulfonamides is 1. The van der Waals surface area contributed by atoms with Gasteiger partial charge in [-0.2, -0.15) is 17.5 Å². The highest BCUT2D eigenvalue weighted by atomic mass is 32.2. The molecule has 0 unspecified atom stereocenters. The minimum absolute atomic E-state index is 0.101. The van der Waals surface area contributed by atoms with Crippen LogP contribution in [0.1, 0.15) is 5.56 Å². The highest BCUT2D eigenvalue weighted by Crippen LogP contribution is 2.30. The molecule has 2 rings (SSSR count). The number of benzene rings is 1. The number of alkyl halides is 3. The van der Waals surface area contributed by atoms with Crippen molar-refractivity contribution in [3.63, 3.8) is 0 Å². The van der Waals surface area contributed by atoms with Crippen molar-refractivity contribution in [1.82, 2.24) is 13.9 Å². The normalized spacial score (nSPS) is 19.2. The molecule has 26 heavy (non-hydrogen) atoms. The summed E-state index contributed by atoms with van der Waals surface area (Å²) in [5.41, 5.74) is -1.03. The van der Waals surface area contributed by atoms with Gasteiger partial charge in [-0.15, -0.1) is 0 Å². The molecule has 1 saturated heterocycles. The second kappa shape index (κ2) is 7.32. The second-order valence-electron chi connectivity index (χ2n) is 5.35. The van der Waals surface area contributed by atoms with Gasteiger partial charge in [0.05, 0.1) is 10.5 Å². The summed E-state index contributed by atoms with van der Waals surface area (Å²) in [6.45, 7) is -0.862. The monoisotopic (exact) mass is 413 g/mol. The standard InChI is InChI=1S/C13H14F3N3O5S2/c14-13(15,16)8-1-3-9(4-2-8)26(23,24)19-6-5-18(12(22)17-25)7-10(19)11(20)21/h1-4,10,25H,5-7H2,(H,17,22)(H,20,21)/t10-/m1/s1. The van der Waals surface area contributed by atoms with Crippen molar-refractivity contribution in [2.24, 2.45) is 0 Å². The molecule has 13 heteroatoms. The van der Waals surface area contributed by atoms with E-state index < -0.39 is 51.2 Å². The van der Waals surface area contributed by atoms with Crippen molar-refractivity contribution < 1.29 is 36.3 Å². The molecule has 1 aromatic rings. The number of thiol groups is 1. The predicted molar refractivity (Wildman–Crippen MR) is 85.9 cm³/mol. The van der Waals surface area contributed by atoms with E-state index in [9.17, 15) is 36.3 Å². The fourth-order valence-corrected chi connectivity index (χ4v) is 4.17. The lowest BCUT2D eigenvalue weighted by Gasteiger charge is -2.38. The molecule has 0 spiro atoms. The quantitative estimate of drug-likeness (QED) is 0.642. The predicted octanol–water partition coefficient (Wildman–Crippen LogP) is 1.02. The zero-order valence-electron chi connectivity index (χ0n) is 13.0. The van der Waals surface area contributed by atoms with Gasteiger partial charge in [-0.1, -0.05) is 12.8 Å². The van der Waals surface area contributed by atoms with Gasteiger partial charge in [0.15, 0.2) is 0 Å². The molecule has 2 N–H and O–H groups in total. The molecular weight excluding hydrogens is 399 g/mol. The van der Waals surface area contributed by atoms with Gasteiger partial charge in [0, 0.05) is 19.6 Å². The molecule has 1 aliphatic heterocycles. The Labute approximate surface area is 152 Å². The van der Waals surface area contributed by atoms with Crippen LogP contribution in [0.5, 0.6) is 0 Å². The van der Waals surface area contributed by atoms with E-state index in [0.29, 0.717) is 16.4 Å². The van der Waals surface area contributed by atoms with Crippen molar-refractivity contribution >= 4 is 34.8 Å². The number of rotatable bonds is 3. The Bertz CT molecular complexity index is 798. The Morgan fingerprint density at radius 2 is 1.77 bits per heavy atom. The first kappa shape index (κ1) is 20.3. The first-order chi connectivity index (χ1) is 12.0. The number of halogens is 3. The largest absolute Gasteiger partial charge is 0.480 e. The van der Waals surface area contributed by atoms with E-state index in [-0.39, 0.29) is 13.1 Å². The van der Waals surface area contributed by atoms with Crippen LogP contribution in [0.4, 0.5) is 18.0 Å². The van der Waals surface area contributed by atoms with E-state index in [1.807, 2.05) is 4.72 Å². The van der Waals surface area contributed by atoms with Gasteiger partial charge in [0.2, 0.25) is 10.0 Å². The SMILES string of the molecule is O=C(O)[C@H]1CN(C(=O)NS)CCN1S(=O)(=O)c1ccc(C(F)(F)F)cc1. The molecule has 0 radical (unpaired) electrons. The summed E-state index contributed by atoms with van der Waals surface area (Å²) in [5, 5.41) is 9.31. The fraction of sp³-hybridized carbons (Fsp3) is 0.385. The summed E-state index contributed by atoms with van der Waals surface area (Å²) in [6.07, 6.45) is -4.63. The molecule has 0 aromatic heterocycles. The van der Waals surface area contributed by atoms with Gasteiger partial charge in [-0.3, -0.25) is 9.52 Å². The van der Waals surface area contributed by atoms with Crippen molar-refractivity contribution in [3.05, 3.63) is 29.8 Å². The third-order valence-electron chi connectivity index (χ3n) is 3.79. The van der Waals surface area contributed by atoms with Gasteiger partial charge in [-0.05, 0) is 24.3 Å². The number of aliphatic carboxylic acids is 1. The smallest absolute Gasteiger partial charge is 0.416 e. The van der Waals surface area contributed by atoms with Crippen LogP contribution >= 0.6 is 12.8 Å². The van der Waals surface area contributed by atoms with E-state index >= 15 is 0 Å². The molecule has 1 heterocycles. The van der Waals surface area contributed by atoms with E-state index in [0.717, 1.165) is 17.0 Å². The van der Waals surface area contributed by atoms with Crippen LogP contribution in [-0.4, -0.2) is 60.4 Å². The maximum absolute atomic E-state index is 12.7. The van der Waals surface area contributed by atoms with Crippen LogP contribution in [-0.2, 0) is 21.0 Å². The summed E-state index contributed by atoms with van der Waals surface area (Å²) < 4.78 is 65.8. The molecule has 1 atom stereocenters. The lowest BCUT2D eigenvalue weighted by molar-refractivity contribution is -0.142. The second-order valence-corrected chi connectivity index (χ2v) is 7.47. The average Bonchev–Trinajstić information content (AvgIpc) is 2.59. The molecule has 0 saturated carbocycles. The summed E-state index contributed by atoms with van der Waals surface area (Å²) in [7, 11) is -4.37. The molecule has 0 aliphatic carbocycles. The highest BCUT2D eigenvalue weighted by Gasteiger charge is 2.41. The number of carbonyl (C=O) groups is 2. The number of carboxylic acid groups (broad SMARTS) is 1. The Balaban J connectivity index is 2.32. The highest BCUT2D eigenvalue weighted by molar-refractivity contribution is 7.89. The van der Waals surface area contributed by atoms with E-state index in [1.54, 1.807) is 0 Å². The Kier molecular flexibility index (Phi) is 5.73. The number of nitrogens with one attached hydrogen (secondary N) is 1. The lowest BCUT2D eigenvalue weighted by Crippen LogP contribution is -2.60. The number of carboxylic acids is 1. The van der Waals surface area contributed by atoms with Gasteiger partial charge >= 0.3 is 18.2 Å². The van der Waals surface area contributed by atoms with Crippen LogP contribution in [0.15, 0.2) is 29.2 Å². The van der Waals surface area contributed by atoms with Crippen LogP contribution in [0.25, 0.3) is 0 Å². The summed E-state index contributed by atoms with van der Waals surface area (Å²) in [4.78, 5) is 23.6. The zero-order valence-corrected chi connectivity index (χ0v) is 14.7. The van der Waals surface area contributed by atoms with Crippen molar-refractivity contribution in [2.75, 3.05) is 19.6 Å². The molecule has 144 valence electrons. The Morgan fingerprint density at radius 3 is 2.23 bits per heavy atom. The maximum atomic E-state index is 12.7. The summed E-state index contributed by atoms with van der Waals surface area (Å²) >= 11 is 3.56. The number of carbonyl (C=O) groups excluding carboxylic acids is 1. The maximum Gasteiger partial charge on any atom is 0.416 e. The Hall–Kier alpha value is -1.99. The van der Waals surface area contributed by atoms with Crippen molar-refractivity contribution in [3.8, 4) is 0 Å². The number of nitrogens with zero attached hydrogens (tertiary/aromatic N) is 2. The van der Waals surface area contributed by atoms with Gasteiger partial charge in [0.25, 0.3) is 0 Å². The molecule has 1 aromatic carbocycles. The molecular formula is C13H14F3N3O5S2. The minimum atomic E-state index is -4.63.